The Kier molecular flexibility index (Phi) is 4.47. The van der Waals surface area contributed by atoms with E-state index < -0.39 is 18.6 Å². The van der Waals surface area contributed by atoms with Crippen LogP contribution in [0.2, 0.25) is 0 Å². The Hall–Kier alpha value is -1.60. The molecule has 1 unspecified atom stereocenters. The quantitative estimate of drug-likeness (QED) is 0.509. The van der Waals surface area contributed by atoms with Crippen LogP contribution in [-0.4, -0.2) is 45.2 Å². The Bertz CT molecular complexity index is 403. The molecule has 0 fully saturated rings. The molecule has 0 bridgehead atoms. The molecule has 5 N–H and O–H groups in total. The van der Waals surface area contributed by atoms with Crippen LogP contribution in [0.4, 0.5) is 5.69 Å². The summed E-state index contributed by atoms with van der Waals surface area (Å²) in [4.78, 5) is 11.8. The molecule has 0 radical (unpaired) electrons. The van der Waals surface area contributed by atoms with Gasteiger partial charge in [0.05, 0.1) is 24.1 Å². The number of nitrogens with one attached hydrogen (secondary N) is 1. The average molecular weight is 242 g/mol. The van der Waals surface area contributed by atoms with Gasteiger partial charge in [0, 0.05) is 13.6 Å². The van der Waals surface area contributed by atoms with E-state index in [9.17, 15) is 4.79 Å². The second kappa shape index (κ2) is 5.65. The molecule has 1 aromatic rings. The number of nitrogens with two attached hydrogens (primary N) is 1. The fourth-order valence-electron chi connectivity index (χ4n) is 1.49. The summed E-state index contributed by atoms with van der Waals surface area (Å²) in [6.45, 7) is 1.47. The van der Waals surface area contributed by atoms with Crippen LogP contribution >= 0.6 is 0 Å². The number of carbonyl (C=O) groups excluding carboxylic acids is 1. The van der Waals surface area contributed by atoms with Crippen molar-refractivity contribution in [1.29, 1.82) is 0 Å². The number of aliphatic hydroxyl groups is 2. The molecule has 1 amide bonds. The molecular formula is C10H18N4O3. The predicted molar refractivity (Wildman–Crippen MR) is 62.4 cm³/mol. The number of aryl methyl sites for hydroxylation is 2. The molecule has 1 rings (SSSR count). The van der Waals surface area contributed by atoms with Gasteiger partial charge in [0.2, 0.25) is 0 Å². The average Bonchev–Trinajstić information content (AvgIpc) is 2.60. The maximum absolute atomic E-state index is 11.8. The Morgan fingerprint density at radius 3 is 2.76 bits per heavy atom. The lowest BCUT2D eigenvalue weighted by Gasteiger charge is -2.09. The van der Waals surface area contributed by atoms with E-state index in [0.29, 0.717) is 17.8 Å². The van der Waals surface area contributed by atoms with Gasteiger partial charge in [-0.15, -0.1) is 0 Å². The number of rotatable bonds is 5. The summed E-state index contributed by atoms with van der Waals surface area (Å²) in [5, 5.41) is 24.3. The molecule has 96 valence electrons. The van der Waals surface area contributed by atoms with Crippen molar-refractivity contribution in [3.05, 3.63) is 11.4 Å². The van der Waals surface area contributed by atoms with Crippen LogP contribution in [0.5, 0.6) is 0 Å². The maximum atomic E-state index is 11.8. The largest absolute Gasteiger partial charge is 0.395 e. The number of nitrogen functional groups attached to an aromatic ring is 1. The van der Waals surface area contributed by atoms with Gasteiger partial charge in [-0.05, 0) is 6.42 Å². The van der Waals surface area contributed by atoms with Crippen LogP contribution in [0.3, 0.4) is 0 Å². The zero-order chi connectivity index (χ0) is 13.0. The lowest BCUT2D eigenvalue weighted by Crippen LogP contribution is -2.35. The Morgan fingerprint density at radius 1 is 1.65 bits per heavy atom. The zero-order valence-corrected chi connectivity index (χ0v) is 9.97. The minimum Gasteiger partial charge on any atom is -0.395 e. The van der Waals surface area contributed by atoms with Crippen molar-refractivity contribution in [2.45, 2.75) is 19.4 Å². The summed E-state index contributed by atoms with van der Waals surface area (Å²) in [6.07, 6.45) is -0.328. The van der Waals surface area contributed by atoms with Gasteiger partial charge < -0.3 is 21.3 Å². The standard InChI is InChI=1S/C10H18N4O3/c1-3-7-8(11)9(14(2)13-7)10(17)12-4-6(16)5-15/h6,15-16H,3-5,11H2,1-2H3,(H,12,17). The van der Waals surface area contributed by atoms with Crippen LogP contribution in [0, 0.1) is 0 Å². The molecule has 0 aliphatic heterocycles. The van der Waals surface area contributed by atoms with E-state index in [1.807, 2.05) is 6.92 Å². The topological polar surface area (TPSA) is 113 Å². The first-order chi connectivity index (χ1) is 8.01. The van der Waals surface area contributed by atoms with E-state index >= 15 is 0 Å². The Labute approximate surface area is 99.2 Å². The Morgan fingerprint density at radius 2 is 2.29 bits per heavy atom. The van der Waals surface area contributed by atoms with Crippen molar-refractivity contribution in [3.63, 3.8) is 0 Å². The van der Waals surface area contributed by atoms with Gasteiger partial charge in [0.25, 0.3) is 5.91 Å². The van der Waals surface area contributed by atoms with E-state index in [4.69, 9.17) is 15.9 Å². The molecule has 7 heteroatoms. The highest BCUT2D eigenvalue weighted by Crippen LogP contribution is 2.16. The highest BCUT2D eigenvalue weighted by Gasteiger charge is 2.19. The minimum absolute atomic E-state index is 0.0264. The Balaban J connectivity index is 2.78. The molecule has 0 aromatic carbocycles. The van der Waals surface area contributed by atoms with Crippen molar-refractivity contribution in [2.24, 2.45) is 7.05 Å². The molecule has 17 heavy (non-hydrogen) atoms. The first kappa shape index (κ1) is 13.5. The molecule has 1 atom stereocenters. The van der Waals surface area contributed by atoms with E-state index in [2.05, 4.69) is 10.4 Å². The van der Waals surface area contributed by atoms with Gasteiger partial charge in [-0.1, -0.05) is 6.92 Å². The third-order valence-corrected chi connectivity index (χ3v) is 2.42. The smallest absolute Gasteiger partial charge is 0.271 e. The van der Waals surface area contributed by atoms with Crippen LogP contribution in [0.1, 0.15) is 23.1 Å². The van der Waals surface area contributed by atoms with Crippen molar-refractivity contribution in [3.8, 4) is 0 Å². The number of aliphatic hydroxyl groups excluding tert-OH is 2. The maximum Gasteiger partial charge on any atom is 0.271 e. The lowest BCUT2D eigenvalue weighted by atomic mass is 10.2. The van der Waals surface area contributed by atoms with Gasteiger partial charge >= 0.3 is 0 Å². The van der Waals surface area contributed by atoms with Gasteiger partial charge in [0.15, 0.2) is 0 Å². The van der Waals surface area contributed by atoms with Crippen LogP contribution in [0.25, 0.3) is 0 Å². The molecule has 7 nitrogen and oxygen atoms in total. The van der Waals surface area contributed by atoms with Crippen LogP contribution in [-0.2, 0) is 13.5 Å². The molecule has 1 heterocycles. The van der Waals surface area contributed by atoms with Gasteiger partial charge in [-0.2, -0.15) is 5.10 Å². The first-order valence-corrected chi connectivity index (χ1v) is 5.39. The van der Waals surface area contributed by atoms with Crippen LogP contribution < -0.4 is 11.1 Å². The van der Waals surface area contributed by atoms with E-state index in [1.165, 1.54) is 4.68 Å². The molecule has 0 aliphatic rings. The summed E-state index contributed by atoms with van der Waals surface area (Å²) in [6, 6.07) is 0. The second-order valence-electron chi connectivity index (χ2n) is 3.73. The molecule has 0 spiro atoms. The molecular weight excluding hydrogens is 224 g/mol. The SMILES string of the molecule is CCc1nn(C)c(C(=O)NCC(O)CO)c1N. The second-order valence-corrected chi connectivity index (χ2v) is 3.73. The summed E-state index contributed by atoms with van der Waals surface area (Å²) >= 11 is 0. The fourth-order valence-corrected chi connectivity index (χ4v) is 1.49. The summed E-state index contributed by atoms with van der Waals surface area (Å²) in [5.41, 5.74) is 7.09. The van der Waals surface area contributed by atoms with Gasteiger partial charge in [0.1, 0.15) is 5.69 Å². The van der Waals surface area contributed by atoms with Crippen molar-refractivity contribution >= 4 is 11.6 Å². The molecule has 0 aliphatic carbocycles. The van der Waals surface area contributed by atoms with E-state index in [0.717, 1.165) is 0 Å². The van der Waals surface area contributed by atoms with Gasteiger partial charge in [-0.25, -0.2) is 0 Å². The first-order valence-electron chi connectivity index (χ1n) is 5.39. The fraction of sp³-hybridized carbons (Fsp3) is 0.600. The van der Waals surface area contributed by atoms with E-state index in [-0.39, 0.29) is 12.2 Å². The number of aromatic nitrogens is 2. The van der Waals surface area contributed by atoms with Crippen molar-refractivity contribution in [2.75, 3.05) is 18.9 Å². The van der Waals surface area contributed by atoms with Gasteiger partial charge in [-0.3, -0.25) is 9.48 Å². The zero-order valence-electron chi connectivity index (χ0n) is 9.97. The van der Waals surface area contributed by atoms with Crippen LogP contribution in [0.15, 0.2) is 0 Å². The normalized spacial score (nSPS) is 12.5. The lowest BCUT2D eigenvalue weighted by molar-refractivity contribution is 0.0796. The number of amides is 1. The van der Waals surface area contributed by atoms with Crippen molar-refractivity contribution < 1.29 is 15.0 Å². The number of nitrogens with zero attached hydrogens (tertiary/aromatic N) is 2. The monoisotopic (exact) mass is 242 g/mol. The summed E-state index contributed by atoms with van der Waals surface area (Å²) < 4.78 is 1.41. The highest BCUT2D eigenvalue weighted by molar-refractivity contribution is 5.97. The molecule has 0 saturated carbocycles. The third-order valence-electron chi connectivity index (χ3n) is 2.42. The predicted octanol–water partition coefficient (Wildman–Crippen LogP) is -1.35. The summed E-state index contributed by atoms with van der Waals surface area (Å²) in [7, 11) is 1.63. The summed E-state index contributed by atoms with van der Waals surface area (Å²) in [5.74, 6) is -0.412. The number of carbonyl (C=O) groups is 1. The number of hydrogen-bond acceptors (Lipinski definition) is 5. The van der Waals surface area contributed by atoms with E-state index in [1.54, 1.807) is 7.05 Å². The third kappa shape index (κ3) is 2.95. The van der Waals surface area contributed by atoms with Crippen molar-refractivity contribution in [1.82, 2.24) is 15.1 Å². The minimum atomic E-state index is -0.973. The highest BCUT2D eigenvalue weighted by atomic mass is 16.3. The molecule has 1 aromatic heterocycles. The number of anilines is 1. The molecule has 0 saturated heterocycles. The number of hydrogen-bond donors (Lipinski definition) is 4.